The smallest absolute Gasteiger partial charge is 0.0493 e. The lowest BCUT2D eigenvalue weighted by atomic mass is 9.93. The predicted octanol–water partition coefficient (Wildman–Crippen LogP) is 1.88. The summed E-state index contributed by atoms with van der Waals surface area (Å²) >= 11 is 0. The lowest BCUT2D eigenvalue weighted by molar-refractivity contribution is 0.155. The molecule has 2 fully saturated rings. The van der Waals surface area contributed by atoms with Gasteiger partial charge in [-0.2, -0.15) is 0 Å². The van der Waals surface area contributed by atoms with Crippen molar-refractivity contribution in [1.82, 2.24) is 4.90 Å². The van der Waals surface area contributed by atoms with Crippen molar-refractivity contribution in [2.24, 2.45) is 10.8 Å². The van der Waals surface area contributed by atoms with Gasteiger partial charge in [0, 0.05) is 12.0 Å². The lowest BCUT2D eigenvalue weighted by Crippen LogP contribution is -2.26. The van der Waals surface area contributed by atoms with Crippen LogP contribution in [-0.2, 0) is 0 Å². The highest BCUT2D eigenvalue weighted by Crippen LogP contribution is 2.65. The van der Waals surface area contributed by atoms with Crippen molar-refractivity contribution in [2.45, 2.75) is 39.5 Å². The van der Waals surface area contributed by atoms with Gasteiger partial charge in [0.05, 0.1) is 0 Å². The Hall–Kier alpha value is -0.0800. The zero-order chi connectivity index (χ0) is 10.2. The van der Waals surface area contributed by atoms with Crippen molar-refractivity contribution >= 4 is 0 Å². The molecule has 2 nitrogen and oxygen atoms in total. The first-order valence-electron chi connectivity index (χ1n) is 5.93. The van der Waals surface area contributed by atoms with Crippen LogP contribution in [0.15, 0.2) is 0 Å². The second-order valence-electron chi connectivity index (χ2n) is 5.80. The Bertz CT molecular complexity index is 208. The minimum atomic E-state index is 0.260. The van der Waals surface area contributed by atoms with Crippen LogP contribution < -0.4 is 0 Å². The molecule has 0 aromatic carbocycles. The van der Waals surface area contributed by atoms with Gasteiger partial charge in [-0.3, -0.25) is 0 Å². The monoisotopic (exact) mass is 197 g/mol. The lowest BCUT2D eigenvalue weighted by Gasteiger charge is -2.22. The minimum absolute atomic E-state index is 0.260. The first-order valence-corrected chi connectivity index (χ1v) is 5.93. The zero-order valence-electron chi connectivity index (χ0n) is 9.55. The van der Waals surface area contributed by atoms with E-state index in [0.717, 1.165) is 0 Å². The summed E-state index contributed by atoms with van der Waals surface area (Å²) in [5.74, 6) is 0. The number of aliphatic hydroxyl groups is 1. The Morgan fingerprint density at radius 1 is 1.21 bits per heavy atom. The van der Waals surface area contributed by atoms with E-state index in [1.165, 1.54) is 45.3 Å². The van der Waals surface area contributed by atoms with Crippen molar-refractivity contribution in [3.05, 3.63) is 0 Å². The van der Waals surface area contributed by atoms with Crippen molar-refractivity contribution in [2.75, 3.05) is 26.2 Å². The van der Waals surface area contributed by atoms with Gasteiger partial charge in [0.1, 0.15) is 0 Å². The molecule has 14 heavy (non-hydrogen) atoms. The molecule has 0 aromatic rings. The highest BCUT2D eigenvalue weighted by atomic mass is 16.3. The van der Waals surface area contributed by atoms with Crippen LogP contribution in [0.1, 0.15) is 39.5 Å². The second kappa shape index (κ2) is 3.49. The molecule has 0 amide bonds. The Labute approximate surface area is 87.3 Å². The second-order valence-corrected chi connectivity index (χ2v) is 5.80. The molecule has 1 atom stereocenters. The van der Waals surface area contributed by atoms with E-state index < -0.39 is 0 Å². The van der Waals surface area contributed by atoms with Gasteiger partial charge in [-0.15, -0.1) is 0 Å². The van der Waals surface area contributed by atoms with Gasteiger partial charge in [-0.1, -0.05) is 13.8 Å². The minimum Gasteiger partial charge on any atom is -0.396 e. The third-order valence-corrected chi connectivity index (χ3v) is 4.50. The van der Waals surface area contributed by atoms with Crippen molar-refractivity contribution < 1.29 is 5.11 Å². The molecule has 0 bridgehead atoms. The highest BCUT2D eigenvalue weighted by Gasteiger charge is 2.59. The average Bonchev–Trinajstić information content (AvgIpc) is 2.56. The summed E-state index contributed by atoms with van der Waals surface area (Å²) in [5, 5.41) is 9.45. The third kappa shape index (κ3) is 1.70. The molecule has 1 N–H and O–H groups in total. The molecule has 0 radical (unpaired) electrons. The van der Waals surface area contributed by atoms with Crippen molar-refractivity contribution in [3.63, 3.8) is 0 Å². The number of aliphatic hydroxyl groups excluding tert-OH is 1. The van der Waals surface area contributed by atoms with Crippen LogP contribution in [0.5, 0.6) is 0 Å². The van der Waals surface area contributed by atoms with Crippen molar-refractivity contribution in [1.29, 1.82) is 0 Å². The van der Waals surface area contributed by atoms with E-state index in [-0.39, 0.29) is 5.41 Å². The maximum atomic E-state index is 9.45. The molecule has 1 aliphatic heterocycles. The Balaban J connectivity index is 1.79. The molecule has 2 aliphatic rings. The molecule has 82 valence electrons. The quantitative estimate of drug-likeness (QED) is 0.744. The first kappa shape index (κ1) is 10.4. The van der Waals surface area contributed by atoms with Gasteiger partial charge in [0.2, 0.25) is 0 Å². The van der Waals surface area contributed by atoms with Gasteiger partial charge in [0.25, 0.3) is 0 Å². The topological polar surface area (TPSA) is 23.5 Å². The molecule has 2 heteroatoms. The van der Waals surface area contributed by atoms with Crippen LogP contribution in [0.2, 0.25) is 0 Å². The largest absolute Gasteiger partial charge is 0.396 e. The fourth-order valence-corrected chi connectivity index (χ4v) is 2.96. The maximum Gasteiger partial charge on any atom is 0.0493 e. The van der Waals surface area contributed by atoms with E-state index >= 15 is 0 Å². The normalized spacial score (nSPS) is 36.2. The predicted molar refractivity (Wildman–Crippen MR) is 58.2 cm³/mol. The van der Waals surface area contributed by atoms with Crippen LogP contribution >= 0.6 is 0 Å². The number of rotatable bonds is 4. The molecular weight excluding hydrogens is 174 g/mol. The van der Waals surface area contributed by atoms with Crippen LogP contribution in [-0.4, -0.2) is 36.2 Å². The van der Waals surface area contributed by atoms with Gasteiger partial charge in [-0.05, 0) is 50.7 Å². The van der Waals surface area contributed by atoms with Gasteiger partial charge in [-0.25, -0.2) is 0 Å². The van der Waals surface area contributed by atoms with E-state index in [1.807, 2.05) is 0 Å². The summed E-state index contributed by atoms with van der Waals surface area (Å²) in [6.45, 7) is 8.71. The SMILES string of the molecule is CC1(C)CC1(CO)CCN1CCCC1. The van der Waals surface area contributed by atoms with E-state index in [1.54, 1.807) is 0 Å². The van der Waals surface area contributed by atoms with Gasteiger partial charge < -0.3 is 10.0 Å². The van der Waals surface area contributed by atoms with Gasteiger partial charge in [0.15, 0.2) is 0 Å². The Kier molecular flexibility index (Phi) is 2.61. The number of nitrogens with zero attached hydrogens (tertiary/aromatic N) is 1. The molecule has 1 aliphatic carbocycles. The van der Waals surface area contributed by atoms with E-state index in [0.29, 0.717) is 12.0 Å². The molecule has 2 rings (SSSR count). The summed E-state index contributed by atoms with van der Waals surface area (Å²) < 4.78 is 0. The summed E-state index contributed by atoms with van der Waals surface area (Å²) in [4.78, 5) is 2.55. The molecule has 0 aromatic heterocycles. The van der Waals surface area contributed by atoms with E-state index in [9.17, 15) is 5.11 Å². The Morgan fingerprint density at radius 3 is 2.21 bits per heavy atom. The van der Waals surface area contributed by atoms with E-state index in [4.69, 9.17) is 0 Å². The summed E-state index contributed by atoms with van der Waals surface area (Å²) in [7, 11) is 0. The summed E-state index contributed by atoms with van der Waals surface area (Å²) in [6.07, 6.45) is 5.14. The third-order valence-electron chi connectivity index (χ3n) is 4.50. The first-order chi connectivity index (χ1) is 6.60. The standard InChI is InChI=1S/C12H23NO/c1-11(2)9-12(11,10-14)5-8-13-6-3-4-7-13/h14H,3-10H2,1-2H3. The van der Waals surface area contributed by atoms with E-state index in [2.05, 4.69) is 18.7 Å². The van der Waals surface area contributed by atoms with Crippen LogP contribution in [0, 0.1) is 10.8 Å². The molecule has 0 spiro atoms. The number of hydrogen-bond donors (Lipinski definition) is 1. The number of likely N-dealkylation sites (tertiary alicyclic amines) is 1. The molecule has 1 heterocycles. The fourth-order valence-electron chi connectivity index (χ4n) is 2.96. The average molecular weight is 197 g/mol. The van der Waals surface area contributed by atoms with Crippen LogP contribution in [0.4, 0.5) is 0 Å². The molecule has 1 saturated carbocycles. The fraction of sp³-hybridized carbons (Fsp3) is 1.00. The Morgan fingerprint density at radius 2 is 1.79 bits per heavy atom. The number of hydrogen-bond acceptors (Lipinski definition) is 2. The van der Waals surface area contributed by atoms with Crippen LogP contribution in [0.25, 0.3) is 0 Å². The molecule has 1 saturated heterocycles. The van der Waals surface area contributed by atoms with Gasteiger partial charge >= 0.3 is 0 Å². The summed E-state index contributed by atoms with van der Waals surface area (Å²) in [6, 6.07) is 0. The molecular formula is C12H23NO. The van der Waals surface area contributed by atoms with Crippen LogP contribution in [0.3, 0.4) is 0 Å². The van der Waals surface area contributed by atoms with Crippen molar-refractivity contribution in [3.8, 4) is 0 Å². The zero-order valence-corrected chi connectivity index (χ0v) is 9.55. The molecule has 1 unspecified atom stereocenters. The maximum absolute atomic E-state index is 9.45. The highest BCUT2D eigenvalue weighted by molar-refractivity contribution is 5.09. The summed E-state index contributed by atoms with van der Waals surface area (Å²) in [5.41, 5.74) is 0.650.